The van der Waals surface area contributed by atoms with Crippen molar-refractivity contribution in [3.05, 3.63) is 23.3 Å². The van der Waals surface area contributed by atoms with Crippen LogP contribution in [0.15, 0.2) is 23.3 Å². The maximum Gasteiger partial charge on any atom is 0.471 e. The summed E-state index contributed by atoms with van der Waals surface area (Å²) in [6.07, 6.45) is -3.67. The second-order valence-electron chi connectivity index (χ2n) is 7.09. The Labute approximate surface area is 215 Å². The summed E-state index contributed by atoms with van der Waals surface area (Å²) in [6, 6.07) is 0. The second-order valence-corrected chi connectivity index (χ2v) is 7.65. The van der Waals surface area contributed by atoms with Crippen LogP contribution >= 0.6 is 15.9 Å². The molecule has 0 unspecified atom stereocenters. The highest BCUT2D eigenvalue weighted by Crippen LogP contribution is 2.14. The van der Waals surface area contributed by atoms with Gasteiger partial charge in [-0.2, -0.15) is 26.3 Å². The molecule has 0 heterocycles. The number of halogens is 7. The lowest BCUT2D eigenvalue weighted by Gasteiger charge is -2.07. The zero-order chi connectivity index (χ0) is 28.0. The van der Waals surface area contributed by atoms with Gasteiger partial charge >= 0.3 is 24.2 Å². The van der Waals surface area contributed by atoms with Crippen LogP contribution in [0.5, 0.6) is 0 Å². The van der Waals surface area contributed by atoms with Crippen molar-refractivity contribution in [3.63, 3.8) is 0 Å². The number of alkyl halides is 7. The van der Waals surface area contributed by atoms with E-state index >= 15 is 0 Å². The standard InChI is InChI=1S/C11H17BrF3NO2.C11H18F3NO3/c1-2-9(8-12)4-7-18-6-3-5-16-10(17)11(13,14)15;1-2-9(8-16)4-7-18-6-3-5-15-10(17)11(12,13)14/h4H,2-3,5-8H2,1H3,(H,16,17);4,16H,2-3,5-8H2,1H3,(H,15,17)/b2*9-4+. The molecule has 0 saturated carbocycles. The van der Waals surface area contributed by atoms with Gasteiger partial charge in [-0.1, -0.05) is 47.5 Å². The molecule has 212 valence electrons. The van der Waals surface area contributed by atoms with Gasteiger partial charge < -0.3 is 25.2 Å². The highest BCUT2D eigenvalue weighted by Gasteiger charge is 2.38. The number of amides is 2. The minimum Gasteiger partial charge on any atom is -0.392 e. The first-order chi connectivity index (χ1) is 16.8. The quantitative estimate of drug-likeness (QED) is 0.107. The van der Waals surface area contributed by atoms with Crippen molar-refractivity contribution < 1.29 is 50.5 Å². The fraction of sp³-hybridized carbons (Fsp3) is 0.727. The summed E-state index contributed by atoms with van der Waals surface area (Å²) in [4.78, 5) is 20.8. The molecule has 14 heteroatoms. The molecule has 0 aromatic rings. The van der Waals surface area contributed by atoms with E-state index < -0.39 is 24.2 Å². The predicted molar refractivity (Wildman–Crippen MR) is 127 cm³/mol. The molecule has 0 atom stereocenters. The van der Waals surface area contributed by atoms with Gasteiger partial charge in [0.1, 0.15) is 0 Å². The Balaban J connectivity index is 0. The molecule has 0 saturated heterocycles. The number of allylic oxidation sites excluding steroid dienone is 1. The van der Waals surface area contributed by atoms with Crippen molar-refractivity contribution in [3.8, 4) is 0 Å². The van der Waals surface area contributed by atoms with E-state index in [4.69, 9.17) is 14.6 Å². The zero-order valence-electron chi connectivity index (χ0n) is 20.4. The molecule has 0 aliphatic carbocycles. The van der Waals surface area contributed by atoms with Crippen LogP contribution in [-0.2, 0) is 19.1 Å². The third kappa shape index (κ3) is 21.6. The molecule has 36 heavy (non-hydrogen) atoms. The lowest BCUT2D eigenvalue weighted by atomic mass is 10.2. The Morgan fingerprint density at radius 2 is 1.19 bits per heavy atom. The molecule has 0 aromatic heterocycles. The number of nitrogens with one attached hydrogen (secondary N) is 2. The molecule has 0 fully saturated rings. The van der Waals surface area contributed by atoms with E-state index in [0.29, 0.717) is 32.7 Å². The second kappa shape index (κ2) is 21.4. The average molecular weight is 601 g/mol. The van der Waals surface area contributed by atoms with E-state index in [-0.39, 0.29) is 26.3 Å². The van der Waals surface area contributed by atoms with Crippen molar-refractivity contribution in [2.24, 2.45) is 0 Å². The van der Waals surface area contributed by atoms with Crippen LogP contribution in [0.4, 0.5) is 26.3 Å². The number of aliphatic hydroxyl groups is 1. The van der Waals surface area contributed by atoms with Gasteiger partial charge in [-0.05, 0) is 31.3 Å². The molecular weight excluding hydrogens is 566 g/mol. The molecule has 0 aliphatic heterocycles. The molecule has 0 radical (unpaired) electrons. The lowest BCUT2D eigenvalue weighted by molar-refractivity contribution is -0.173. The third-order valence-electron chi connectivity index (χ3n) is 4.28. The maximum absolute atomic E-state index is 11.8. The Kier molecular flexibility index (Phi) is 21.8. The average Bonchev–Trinajstić information content (AvgIpc) is 2.81. The highest BCUT2D eigenvalue weighted by molar-refractivity contribution is 9.09. The number of aliphatic hydroxyl groups excluding tert-OH is 1. The first-order valence-corrected chi connectivity index (χ1v) is 12.3. The van der Waals surface area contributed by atoms with Crippen LogP contribution in [0, 0.1) is 0 Å². The van der Waals surface area contributed by atoms with E-state index in [2.05, 4.69) is 15.9 Å². The number of ether oxygens (including phenoxy) is 2. The molecule has 3 N–H and O–H groups in total. The Morgan fingerprint density at radius 3 is 1.50 bits per heavy atom. The molecule has 7 nitrogen and oxygen atoms in total. The number of carbonyl (C=O) groups excluding carboxylic acids is 2. The molecule has 2 amide bonds. The van der Waals surface area contributed by atoms with Crippen LogP contribution in [0.1, 0.15) is 39.5 Å². The van der Waals surface area contributed by atoms with Gasteiger partial charge in [0.25, 0.3) is 0 Å². The van der Waals surface area contributed by atoms with Gasteiger partial charge in [-0.15, -0.1) is 0 Å². The smallest absolute Gasteiger partial charge is 0.392 e. The molecule has 0 spiro atoms. The number of carbonyl (C=O) groups is 2. The molecule has 0 aromatic carbocycles. The maximum atomic E-state index is 11.8. The first-order valence-electron chi connectivity index (χ1n) is 11.2. The summed E-state index contributed by atoms with van der Waals surface area (Å²) in [5.74, 6) is -3.84. The van der Waals surface area contributed by atoms with Crippen LogP contribution < -0.4 is 10.6 Å². The van der Waals surface area contributed by atoms with Gasteiger partial charge in [0.2, 0.25) is 0 Å². The first kappa shape index (κ1) is 36.5. The minimum atomic E-state index is -4.83. The van der Waals surface area contributed by atoms with E-state index in [1.807, 2.05) is 19.9 Å². The fourth-order valence-corrected chi connectivity index (χ4v) is 2.71. The van der Waals surface area contributed by atoms with Crippen molar-refractivity contribution >= 4 is 27.7 Å². The van der Waals surface area contributed by atoms with E-state index in [1.165, 1.54) is 5.57 Å². The number of hydrogen-bond donors (Lipinski definition) is 3. The Bertz CT molecular complexity index is 602. The summed E-state index contributed by atoms with van der Waals surface area (Å²) in [7, 11) is 0. The molecule has 0 rings (SSSR count). The SMILES string of the molecule is CC/C(=C\COCCCNC(=O)C(F)(F)F)CBr.CC/C(=C\COCCCNC(=O)C(F)(F)F)CO. The molecule has 0 bridgehead atoms. The third-order valence-corrected chi connectivity index (χ3v) is 5.00. The highest BCUT2D eigenvalue weighted by atomic mass is 79.9. The van der Waals surface area contributed by atoms with Crippen molar-refractivity contribution in [2.45, 2.75) is 51.9 Å². The van der Waals surface area contributed by atoms with E-state index in [9.17, 15) is 35.9 Å². The van der Waals surface area contributed by atoms with Crippen LogP contribution in [0.25, 0.3) is 0 Å². The van der Waals surface area contributed by atoms with E-state index in [0.717, 1.165) is 23.7 Å². The zero-order valence-corrected chi connectivity index (χ0v) is 22.0. The largest absolute Gasteiger partial charge is 0.471 e. The van der Waals surface area contributed by atoms with Crippen molar-refractivity contribution in [1.29, 1.82) is 0 Å². The normalized spacial score (nSPS) is 12.6. The summed E-state index contributed by atoms with van der Waals surface area (Å²) >= 11 is 3.33. The van der Waals surface area contributed by atoms with Crippen LogP contribution in [0.2, 0.25) is 0 Å². The Morgan fingerprint density at radius 1 is 0.806 bits per heavy atom. The topological polar surface area (TPSA) is 96.9 Å². The summed E-state index contributed by atoms with van der Waals surface area (Å²) < 4.78 is 81.0. The summed E-state index contributed by atoms with van der Waals surface area (Å²) in [6.45, 7) is 5.07. The monoisotopic (exact) mass is 600 g/mol. The predicted octanol–water partition coefficient (Wildman–Crippen LogP) is 4.20. The van der Waals surface area contributed by atoms with Gasteiger partial charge in [0.15, 0.2) is 0 Å². The van der Waals surface area contributed by atoms with Crippen molar-refractivity contribution in [2.75, 3.05) is 51.5 Å². The summed E-state index contributed by atoms with van der Waals surface area (Å²) in [5, 5.41) is 13.1. The van der Waals surface area contributed by atoms with Crippen LogP contribution in [0.3, 0.4) is 0 Å². The Hall–Kier alpha value is -1.64. The van der Waals surface area contributed by atoms with Gasteiger partial charge in [0, 0.05) is 31.6 Å². The number of rotatable bonds is 16. The van der Waals surface area contributed by atoms with Gasteiger partial charge in [-0.3, -0.25) is 9.59 Å². The van der Waals surface area contributed by atoms with E-state index in [1.54, 1.807) is 16.7 Å². The number of hydrogen-bond acceptors (Lipinski definition) is 5. The fourth-order valence-electron chi connectivity index (χ4n) is 2.09. The molecule has 0 aliphatic rings. The molecular formula is C22H35BrF6N2O5. The van der Waals surface area contributed by atoms with Crippen molar-refractivity contribution in [1.82, 2.24) is 10.6 Å². The summed E-state index contributed by atoms with van der Waals surface area (Å²) in [5.41, 5.74) is 2.06. The van der Waals surface area contributed by atoms with Gasteiger partial charge in [0.05, 0.1) is 19.8 Å². The van der Waals surface area contributed by atoms with Crippen LogP contribution in [-0.4, -0.2) is 80.7 Å². The lowest BCUT2D eigenvalue weighted by Crippen LogP contribution is -2.37. The minimum absolute atomic E-state index is 0.0263. The van der Waals surface area contributed by atoms with Gasteiger partial charge in [-0.25, -0.2) is 0 Å².